The Morgan fingerprint density at radius 1 is 1.53 bits per heavy atom. The lowest BCUT2D eigenvalue weighted by Crippen LogP contribution is -2.27. The third-order valence-electron chi connectivity index (χ3n) is 2.33. The van der Waals surface area contributed by atoms with Gasteiger partial charge in [-0.3, -0.25) is 9.78 Å². The molecule has 5 nitrogen and oxygen atoms in total. The molecule has 0 spiro atoms. The van der Waals surface area contributed by atoms with Crippen LogP contribution in [0.1, 0.15) is 29.2 Å². The van der Waals surface area contributed by atoms with Gasteiger partial charge < -0.3 is 15.5 Å². The second kappa shape index (κ2) is 4.69. The first-order valence-electron chi connectivity index (χ1n) is 5.22. The van der Waals surface area contributed by atoms with Crippen molar-refractivity contribution in [2.45, 2.75) is 13.0 Å². The first kappa shape index (κ1) is 11.2. The minimum absolute atomic E-state index is 0.208. The molecule has 0 fully saturated rings. The molecule has 0 aliphatic rings. The van der Waals surface area contributed by atoms with Crippen molar-refractivity contribution < 1.29 is 9.21 Å². The van der Waals surface area contributed by atoms with Gasteiger partial charge in [0.25, 0.3) is 5.91 Å². The van der Waals surface area contributed by atoms with E-state index in [1.807, 2.05) is 6.92 Å². The summed E-state index contributed by atoms with van der Waals surface area (Å²) >= 11 is 0. The van der Waals surface area contributed by atoms with Gasteiger partial charge in [-0.05, 0) is 31.2 Å². The standard InChI is InChI=1S/C12H13N3O2/c1-8(11-3-2-6-17-11)15-12(16)10-7-9(13)4-5-14-10/h2-8H,1H3,(H2,13,14)(H,15,16). The molecular weight excluding hydrogens is 218 g/mol. The molecule has 2 rings (SSSR count). The highest BCUT2D eigenvalue weighted by atomic mass is 16.3. The molecule has 17 heavy (non-hydrogen) atoms. The van der Waals surface area contributed by atoms with Crippen LogP contribution in [0.5, 0.6) is 0 Å². The molecule has 3 N–H and O–H groups in total. The summed E-state index contributed by atoms with van der Waals surface area (Å²) in [6, 6.07) is 6.53. The second-order valence-corrected chi connectivity index (χ2v) is 3.68. The Labute approximate surface area is 98.6 Å². The van der Waals surface area contributed by atoms with Crippen LogP contribution in [0, 0.1) is 0 Å². The number of hydrogen-bond acceptors (Lipinski definition) is 4. The van der Waals surface area contributed by atoms with Gasteiger partial charge in [0.1, 0.15) is 11.5 Å². The molecule has 1 atom stereocenters. The van der Waals surface area contributed by atoms with Gasteiger partial charge in [-0.25, -0.2) is 0 Å². The van der Waals surface area contributed by atoms with Gasteiger partial charge in [0.05, 0.1) is 12.3 Å². The van der Waals surface area contributed by atoms with Crippen molar-refractivity contribution in [1.29, 1.82) is 0 Å². The fourth-order valence-electron chi connectivity index (χ4n) is 1.45. The normalized spacial score (nSPS) is 12.1. The van der Waals surface area contributed by atoms with Crippen molar-refractivity contribution in [2.75, 3.05) is 5.73 Å². The number of carbonyl (C=O) groups is 1. The van der Waals surface area contributed by atoms with Gasteiger partial charge in [0, 0.05) is 11.9 Å². The van der Waals surface area contributed by atoms with Crippen LogP contribution in [-0.4, -0.2) is 10.9 Å². The number of anilines is 1. The average molecular weight is 231 g/mol. The summed E-state index contributed by atoms with van der Waals surface area (Å²) in [5, 5.41) is 2.78. The van der Waals surface area contributed by atoms with Crippen molar-refractivity contribution in [3.05, 3.63) is 48.2 Å². The number of aromatic nitrogens is 1. The summed E-state index contributed by atoms with van der Waals surface area (Å²) in [6.45, 7) is 1.84. The van der Waals surface area contributed by atoms with E-state index in [4.69, 9.17) is 10.2 Å². The highest BCUT2D eigenvalue weighted by Crippen LogP contribution is 2.13. The Morgan fingerprint density at radius 2 is 2.35 bits per heavy atom. The quantitative estimate of drug-likeness (QED) is 0.843. The molecule has 0 radical (unpaired) electrons. The van der Waals surface area contributed by atoms with Gasteiger partial charge in [0.15, 0.2) is 0 Å². The van der Waals surface area contributed by atoms with Crippen LogP contribution >= 0.6 is 0 Å². The Bertz CT molecular complexity index is 508. The number of nitrogens with one attached hydrogen (secondary N) is 1. The highest BCUT2D eigenvalue weighted by molar-refractivity contribution is 5.93. The van der Waals surface area contributed by atoms with Crippen LogP contribution < -0.4 is 11.1 Å². The number of nitrogens with zero attached hydrogens (tertiary/aromatic N) is 1. The summed E-state index contributed by atoms with van der Waals surface area (Å²) in [6.07, 6.45) is 3.07. The maximum absolute atomic E-state index is 11.8. The Morgan fingerprint density at radius 3 is 3.00 bits per heavy atom. The van der Waals surface area contributed by atoms with Crippen LogP contribution in [0.3, 0.4) is 0 Å². The number of carbonyl (C=O) groups excluding carboxylic acids is 1. The van der Waals surface area contributed by atoms with Crippen LogP contribution in [-0.2, 0) is 0 Å². The lowest BCUT2D eigenvalue weighted by Gasteiger charge is -2.10. The first-order valence-corrected chi connectivity index (χ1v) is 5.22. The lowest BCUT2D eigenvalue weighted by molar-refractivity contribution is 0.0930. The fourth-order valence-corrected chi connectivity index (χ4v) is 1.45. The largest absolute Gasteiger partial charge is 0.467 e. The minimum Gasteiger partial charge on any atom is -0.467 e. The Hall–Kier alpha value is -2.30. The molecule has 0 saturated heterocycles. The van der Waals surface area contributed by atoms with E-state index >= 15 is 0 Å². The first-order chi connectivity index (χ1) is 8.16. The zero-order valence-corrected chi connectivity index (χ0v) is 9.38. The third-order valence-corrected chi connectivity index (χ3v) is 2.33. The van der Waals surface area contributed by atoms with Gasteiger partial charge in [-0.1, -0.05) is 0 Å². The summed E-state index contributed by atoms with van der Waals surface area (Å²) in [7, 11) is 0. The van der Waals surface area contributed by atoms with Crippen LogP contribution in [0.2, 0.25) is 0 Å². The zero-order valence-electron chi connectivity index (χ0n) is 9.38. The summed E-state index contributed by atoms with van der Waals surface area (Å²) in [5.74, 6) is 0.420. The number of nitrogens with two attached hydrogens (primary N) is 1. The minimum atomic E-state index is -0.277. The molecule has 0 aromatic carbocycles. The van der Waals surface area contributed by atoms with Crippen LogP contribution in [0.4, 0.5) is 5.69 Å². The van der Waals surface area contributed by atoms with Crippen molar-refractivity contribution in [1.82, 2.24) is 10.3 Å². The molecule has 2 aromatic rings. The SMILES string of the molecule is CC(NC(=O)c1cc(N)ccn1)c1ccco1. The molecule has 2 aromatic heterocycles. The predicted octanol–water partition coefficient (Wildman–Crippen LogP) is 1.75. The molecule has 0 bridgehead atoms. The van der Waals surface area contributed by atoms with Gasteiger partial charge in [-0.2, -0.15) is 0 Å². The topological polar surface area (TPSA) is 81.2 Å². The molecule has 0 aliphatic heterocycles. The zero-order chi connectivity index (χ0) is 12.3. The molecule has 0 aliphatic carbocycles. The number of amides is 1. The van der Waals surface area contributed by atoms with Crippen molar-refractivity contribution in [3.63, 3.8) is 0 Å². The van der Waals surface area contributed by atoms with Gasteiger partial charge in [-0.15, -0.1) is 0 Å². The summed E-state index contributed by atoms with van der Waals surface area (Å²) in [5.41, 5.74) is 6.39. The number of pyridine rings is 1. The van der Waals surface area contributed by atoms with E-state index in [1.54, 1.807) is 24.5 Å². The number of furan rings is 1. The monoisotopic (exact) mass is 231 g/mol. The van der Waals surface area contributed by atoms with Crippen molar-refractivity contribution in [3.8, 4) is 0 Å². The van der Waals surface area contributed by atoms with E-state index in [-0.39, 0.29) is 11.9 Å². The van der Waals surface area contributed by atoms with E-state index in [1.165, 1.54) is 12.3 Å². The molecule has 0 saturated carbocycles. The third kappa shape index (κ3) is 2.63. The molecule has 5 heteroatoms. The van der Waals surface area contributed by atoms with E-state index < -0.39 is 0 Å². The maximum atomic E-state index is 11.8. The van der Waals surface area contributed by atoms with Crippen LogP contribution in [0.15, 0.2) is 41.1 Å². The molecule has 1 amide bonds. The molecular formula is C12H13N3O2. The van der Waals surface area contributed by atoms with Crippen LogP contribution in [0.25, 0.3) is 0 Å². The highest BCUT2D eigenvalue weighted by Gasteiger charge is 2.14. The Balaban J connectivity index is 2.07. The maximum Gasteiger partial charge on any atom is 0.270 e. The van der Waals surface area contributed by atoms with Crippen molar-refractivity contribution >= 4 is 11.6 Å². The van der Waals surface area contributed by atoms with E-state index in [0.717, 1.165) is 0 Å². The molecule has 2 heterocycles. The Kier molecular flexibility index (Phi) is 3.09. The molecule has 88 valence electrons. The summed E-state index contributed by atoms with van der Waals surface area (Å²) < 4.78 is 5.20. The second-order valence-electron chi connectivity index (χ2n) is 3.68. The van der Waals surface area contributed by atoms with E-state index in [2.05, 4.69) is 10.3 Å². The predicted molar refractivity (Wildman–Crippen MR) is 63.2 cm³/mol. The lowest BCUT2D eigenvalue weighted by atomic mass is 10.2. The van der Waals surface area contributed by atoms with E-state index in [9.17, 15) is 4.79 Å². The number of rotatable bonds is 3. The fraction of sp³-hybridized carbons (Fsp3) is 0.167. The van der Waals surface area contributed by atoms with E-state index in [0.29, 0.717) is 17.1 Å². The number of hydrogen-bond donors (Lipinski definition) is 2. The number of nitrogen functional groups attached to an aromatic ring is 1. The summed E-state index contributed by atoms with van der Waals surface area (Å²) in [4.78, 5) is 15.8. The average Bonchev–Trinajstić information content (AvgIpc) is 2.82. The smallest absolute Gasteiger partial charge is 0.270 e. The van der Waals surface area contributed by atoms with Gasteiger partial charge in [0.2, 0.25) is 0 Å². The van der Waals surface area contributed by atoms with Gasteiger partial charge >= 0.3 is 0 Å². The van der Waals surface area contributed by atoms with Crippen molar-refractivity contribution in [2.24, 2.45) is 0 Å². The molecule has 1 unspecified atom stereocenters.